The molecule has 2 atom stereocenters. The number of ether oxygens (including phenoxy) is 1. The Morgan fingerprint density at radius 2 is 2.11 bits per heavy atom. The summed E-state index contributed by atoms with van der Waals surface area (Å²) in [6.07, 6.45) is -2.42. The van der Waals surface area contributed by atoms with E-state index in [0.29, 0.717) is 43.2 Å². The lowest BCUT2D eigenvalue weighted by atomic mass is 10.1. The molecule has 1 aromatic carbocycles. The molecule has 8 nitrogen and oxygen atoms in total. The fraction of sp³-hybridized carbons (Fsp3) is 0.346. The Morgan fingerprint density at radius 1 is 1.29 bits per heavy atom. The van der Waals surface area contributed by atoms with Crippen LogP contribution in [0.25, 0.3) is 11.3 Å². The number of nitrogens with one attached hydrogen (secondary N) is 1. The van der Waals surface area contributed by atoms with Crippen molar-refractivity contribution in [2.75, 3.05) is 34.8 Å². The predicted molar refractivity (Wildman–Crippen MR) is 138 cm³/mol. The summed E-state index contributed by atoms with van der Waals surface area (Å²) in [5, 5.41) is 12.7. The smallest absolute Gasteiger partial charge is 0.416 e. The van der Waals surface area contributed by atoms with Gasteiger partial charge >= 0.3 is 12.2 Å². The Bertz CT molecular complexity index is 1360. The number of anilines is 3. The summed E-state index contributed by atoms with van der Waals surface area (Å²) < 4.78 is 45.6. The number of alkyl halides is 3. The van der Waals surface area contributed by atoms with Crippen LogP contribution in [-0.2, 0) is 6.18 Å². The molecule has 0 spiro atoms. The van der Waals surface area contributed by atoms with Gasteiger partial charge in [-0.25, -0.2) is 14.8 Å². The van der Waals surface area contributed by atoms with E-state index in [1.54, 1.807) is 18.2 Å². The highest BCUT2D eigenvalue weighted by atomic mass is 35.5. The van der Waals surface area contributed by atoms with Crippen molar-refractivity contribution in [2.45, 2.75) is 38.1 Å². The van der Waals surface area contributed by atoms with Crippen LogP contribution in [-0.4, -0.2) is 52.9 Å². The molecule has 12 heteroatoms. The normalized spacial score (nSPS) is 17.3. The number of carbonyl (C=O) groups excluding carboxylic acids is 1. The maximum absolute atomic E-state index is 13.5. The largest absolute Gasteiger partial charge is 0.491 e. The Kier molecular flexibility index (Phi) is 7.06. The van der Waals surface area contributed by atoms with E-state index in [-0.39, 0.29) is 34.7 Å². The Morgan fingerprint density at radius 3 is 2.87 bits per heavy atom. The van der Waals surface area contributed by atoms with Gasteiger partial charge in [-0.15, -0.1) is 0 Å². The van der Waals surface area contributed by atoms with Crippen molar-refractivity contribution in [2.24, 2.45) is 0 Å². The van der Waals surface area contributed by atoms with Crippen molar-refractivity contribution >= 4 is 35.0 Å². The monoisotopic (exact) mass is 547 g/mol. The zero-order valence-electron chi connectivity index (χ0n) is 20.4. The fourth-order valence-corrected chi connectivity index (χ4v) is 4.84. The van der Waals surface area contributed by atoms with Crippen LogP contribution in [0.15, 0.2) is 48.7 Å². The van der Waals surface area contributed by atoms with E-state index in [1.807, 2.05) is 6.92 Å². The van der Waals surface area contributed by atoms with Gasteiger partial charge in [-0.1, -0.05) is 30.7 Å². The van der Waals surface area contributed by atoms with Crippen LogP contribution in [0, 0.1) is 0 Å². The third kappa shape index (κ3) is 5.21. The average molecular weight is 548 g/mol. The van der Waals surface area contributed by atoms with Gasteiger partial charge in [-0.3, -0.25) is 10.2 Å². The van der Waals surface area contributed by atoms with E-state index in [9.17, 15) is 23.1 Å². The number of benzene rings is 1. The number of hydrogen-bond donors (Lipinski definition) is 2. The van der Waals surface area contributed by atoms with Crippen molar-refractivity contribution in [3.05, 3.63) is 59.2 Å². The van der Waals surface area contributed by atoms with Crippen LogP contribution in [0.2, 0.25) is 5.02 Å². The zero-order chi connectivity index (χ0) is 27.0. The summed E-state index contributed by atoms with van der Waals surface area (Å²) in [7, 11) is 0. The number of aromatic nitrogens is 2. The second-order valence-electron chi connectivity index (χ2n) is 9.18. The summed E-state index contributed by atoms with van der Waals surface area (Å²) in [5.41, 5.74) is 0.165. The van der Waals surface area contributed by atoms with E-state index in [1.165, 1.54) is 23.2 Å². The predicted octanol–water partition coefficient (Wildman–Crippen LogP) is 5.60. The maximum atomic E-state index is 13.5. The number of hydrogen-bond acceptors (Lipinski definition) is 6. The minimum absolute atomic E-state index is 0.105. The van der Waals surface area contributed by atoms with Gasteiger partial charge in [0.05, 0.1) is 34.1 Å². The van der Waals surface area contributed by atoms with Crippen molar-refractivity contribution < 1.29 is 27.8 Å². The molecule has 0 aliphatic carbocycles. The molecule has 4 heterocycles. The van der Waals surface area contributed by atoms with Crippen LogP contribution < -0.4 is 19.9 Å². The minimum atomic E-state index is -4.52. The third-order valence-corrected chi connectivity index (χ3v) is 6.88. The molecule has 1 saturated heterocycles. The highest BCUT2D eigenvalue weighted by Crippen LogP contribution is 2.43. The van der Waals surface area contributed by atoms with Crippen LogP contribution in [0.3, 0.4) is 0 Å². The van der Waals surface area contributed by atoms with Crippen molar-refractivity contribution in [1.29, 1.82) is 0 Å². The number of pyridine rings is 2. The number of nitrogens with zero attached hydrogens (tertiary/aromatic N) is 4. The van der Waals surface area contributed by atoms with Gasteiger partial charge in [0.1, 0.15) is 18.2 Å². The lowest BCUT2D eigenvalue weighted by Crippen LogP contribution is -2.48. The van der Waals surface area contributed by atoms with Crippen LogP contribution >= 0.6 is 11.6 Å². The molecule has 1 fully saturated rings. The molecule has 0 unspecified atom stereocenters. The van der Waals surface area contributed by atoms with Gasteiger partial charge in [-0.05, 0) is 37.1 Å². The SMILES string of the molecule is CC[C@@H](O)COc1ccnc(NC(=O)N2c3nc(-c4cccc(C(F)(F)F)c4)c(Cl)cc3N3CC[C@H]2C3)c1. The molecular formula is C26H25ClF3N5O3. The molecule has 3 aromatic rings. The minimum Gasteiger partial charge on any atom is -0.491 e. The Balaban J connectivity index is 1.46. The molecule has 2 aliphatic heterocycles. The molecule has 5 rings (SSSR count). The maximum Gasteiger partial charge on any atom is 0.416 e. The van der Waals surface area contributed by atoms with Gasteiger partial charge in [0, 0.05) is 30.9 Å². The standard InChI is InChI=1S/C26H25ClF3N5O3/c1-2-18(36)14-38-19-6-8-31-22(11-19)32-25(37)35-17-7-9-34(13-17)21-12-20(27)23(33-24(21)35)15-4-3-5-16(10-15)26(28,29)30/h3-6,8,10-12,17-18,36H,2,7,9,13-14H2,1H3,(H,31,32,37)/t17-,18+/m0/s1. The van der Waals surface area contributed by atoms with E-state index in [0.717, 1.165) is 12.1 Å². The van der Waals surface area contributed by atoms with E-state index >= 15 is 0 Å². The first-order valence-electron chi connectivity index (χ1n) is 12.1. The molecule has 2 bridgehead atoms. The van der Waals surface area contributed by atoms with Crippen molar-refractivity contribution in [3.8, 4) is 17.0 Å². The molecular weight excluding hydrogens is 523 g/mol. The van der Waals surface area contributed by atoms with Gasteiger partial charge < -0.3 is 14.7 Å². The summed E-state index contributed by atoms with van der Waals surface area (Å²) >= 11 is 6.50. The molecule has 2 amide bonds. The highest BCUT2D eigenvalue weighted by molar-refractivity contribution is 6.33. The molecule has 38 heavy (non-hydrogen) atoms. The van der Waals surface area contributed by atoms with E-state index in [4.69, 9.17) is 16.3 Å². The summed E-state index contributed by atoms with van der Waals surface area (Å²) in [4.78, 5) is 25.9. The molecule has 2 aromatic heterocycles. The second-order valence-corrected chi connectivity index (χ2v) is 9.59. The number of rotatable bonds is 6. The topological polar surface area (TPSA) is 90.8 Å². The van der Waals surface area contributed by atoms with Crippen molar-refractivity contribution in [3.63, 3.8) is 0 Å². The van der Waals surface area contributed by atoms with Crippen LogP contribution in [0.4, 0.5) is 35.3 Å². The van der Waals surface area contributed by atoms with Crippen LogP contribution in [0.1, 0.15) is 25.3 Å². The summed E-state index contributed by atoms with van der Waals surface area (Å²) in [5.74, 6) is 0.990. The number of halogens is 4. The van der Waals surface area contributed by atoms with E-state index < -0.39 is 23.9 Å². The first-order valence-corrected chi connectivity index (χ1v) is 12.5. The van der Waals surface area contributed by atoms with Gasteiger partial charge in [0.2, 0.25) is 0 Å². The lowest BCUT2D eigenvalue weighted by Gasteiger charge is -2.36. The molecule has 2 N–H and O–H groups in total. The van der Waals surface area contributed by atoms with Gasteiger partial charge in [0.25, 0.3) is 0 Å². The second kappa shape index (κ2) is 10.3. The molecule has 0 saturated carbocycles. The number of aliphatic hydroxyl groups is 1. The van der Waals surface area contributed by atoms with Crippen LogP contribution in [0.5, 0.6) is 5.75 Å². The quantitative estimate of drug-likeness (QED) is 0.418. The van der Waals surface area contributed by atoms with Crippen molar-refractivity contribution in [1.82, 2.24) is 9.97 Å². The number of carbonyl (C=O) groups is 1. The third-order valence-electron chi connectivity index (χ3n) is 6.60. The molecule has 2 aliphatic rings. The first kappa shape index (κ1) is 26.1. The zero-order valence-corrected chi connectivity index (χ0v) is 21.1. The highest BCUT2D eigenvalue weighted by Gasteiger charge is 2.41. The Hall–Kier alpha value is -3.57. The van der Waals surface area contributed by atoms with E-state index in [2.05, 4.69) is 20.2 Å². The van der Waals surface area contributed by atoms with Gasteiger partial charge in [0.15, 0.2) is 5.82 Å². The number of urea groups is 1. The summed E-state index contributed by atoms with van der Waals surface area (Å²) in [6, 6.07) is 8.92. The first-order chi connectivity index (χ1) is 18.1. The summed E-state index contributed by atoms with van der Waals surface area (Å²) in [6.45, 7) is 3.21. The average Bonchev–Trinajstić information content (AvgIpc) is 3.31. The lowest BCUT2D eigenvalue weighted by molar-refractivity contribution is -0.137. The number of fused-ring (bicyclic) bond motifs is 4. The molecule has 0 radical (unpaired) electrons. The number of amides is 2. The Labute approximate surface area is 222 Å². The van der Waals surface area contributed by atoms with Gasteiger partial charge in [-0.2, -0.15) is 13.2 Å². The number of aliphatic hydroxyl groups excluding tert-OH is 1. The molecule has 200 valence electrons. The fourth-order valence-electron chi connectivity index (χ4n) is 4.58.